The van der Waals surface area contributed by atoms with Crippen molar-refractivity contribution in [3.63, 3.8) is 0 Å². The Labute approximate surface area is 152 Å². The van der Waals surface area contributed by atoms with Crippen LogP contribution >= 0.6 is 0 Å². The maximum Gasteiger partial charge on any atom is 0.410 e. The van der Waals surface area contributed by atoms with E-state index in [9.17, 15) is 4.79 Å². The second kappa shape index (κ2) is 9.23. The Morgan fingerprint density at radius 1 is 1.16 bits per heavy atom. The summed E-state index contributed by atoms with van der Waals surface area (Å²) in [6.45, 7) is 7.40. The molecule has 4 nitrogen and oxygen atoms in total. The summed E-state index contributed by atoms with van der Waals surface area (Å²) in [6.07, 6.45) is 6.78. The second-order valence-corrected chi connectivity index (χ2v) is 7.52. The van der Waals surface area contributed by atoms with Crippen molar-refractivity contribution in [2.24, 2.45) is 11.8 Å². The van der Waals surface area contributed by atoms with Crippen LogP contribution < -0.4 is 0 Å². The maximum absolute atomic E-state index is 12.2. The van der Waals surface area contributed by atoms with E-state index < -0.39 is 0 Å². The number of ether oxygens (including phenoxy) is 1. The SMILES string of the molecule is CCC(CCN1CCN(C(=O)OCc2ccccc2)CC1)C1CCC1. The van der Waals surface area contributed by atoms with Gasteiger partial charge >= 0.3 is 6.09 Å². The molecule has 1 aliphatic heterocycles. The van der Waals surface area contributed by atoms with Crippen LogP contribution in [0.5, 0.6) is 0 Å². The van der Waals surface area contributed by atoms with E-state index in [4.69, 9.17) is 4.74 Å². The van der Waals surface area contributed by atoms with Crippen LogP contribution in [0.25, 0.3) is 0 Å². The first-order chi connectivity index (χ1) is 12.3. The fourth-order valence-corrected chi connectivity index (χ4v) is 4.00. The van der Waals surface area contributed by atoms with Gasteiger partial charge in [-0.2, -0.15) is 0 Å². The van der Waals surface area contributed by atoms with E-state index >= 15 is 0 Å². The Morgan fingerprint density at radius 3 is 2.48 bits per heavy atom. The monoisotopic (exact) mass is 344 g/mol. The molecule has 0 bridgehead atoms. The van der Waals surface area contributed by atoms with Crippen molar-refractivity contribution in [1.29, 1.82) is 0 Å². The zero-order valence-corrected chi connectivity index (χ0v) is 15.5. The molecule has 1 heterocycles. The molecule has 2 fully saturated rings. The summed E-state index contributed by atoms with van der Waals surface area (Å²) in [5, 5.41) is 0. The van der Waals surface area contributed by atoms with E-state index in [-0.39, 0.29) is 6.09 Å². The maximum atomic E-state index is 12.2. The van der Waals surface area contributed by atoms with Crippen molar-refractivity contribution in [1.82, 2.24) is 9.80 Å². The molecule has 0 aromatic heterocycles. The van der Waals surface area contributed by atoms with E-state index in [1.165, 1.54) is 38.6 Å². The number of carbonyl (C=O) groups excluding carboxylic acids is 1. The van der Waals surface area contributed by atoms with E-state index in [2.05, 4.69) is 11.8 Å². The van der Waals surface area contributed by atoms with Gasteiger partial charge in [-0.25, -0.2) is 4.79 Å². The van der Waals surface area contributed by atoms with Crippen molar-refractivity contribution in [3.05, 3.63) is 35.9 Å². The average Bonchev–Trinajstić information content (AvgIpc) is 2.62. The molecule has 0 radical (unpaired) electrons. The van der Waals surface area contributed by atoms with Crippen molar-refractivity contribution in [3.8, 4) is 0 Å². The van der Waals surface area contributed by atoms with Crippen LogP contribution in [-0.4, -0.2) is 48.6 Å². The number of amides is 1. The van der Waals surface area contributed by atoms with Gasteiger partial charge in [-0.05, 0) is 30.4 Å². The molecule has 138 valence electrons. The second-order valence-electron chi connectivity index (χ2n) is 7.52. The first-order valence-electron chi connectivity index (χ1n) is 9.94. The molecule has 2 aliphatic rings. The quantitative estimate of drug-likeness (QED) is 0.745. The summed E-state index contributed by atoms with van der Waals surface area (Å²) in [5.74, 6) is 1.89. The van der Waals surface area contributed by atoms with E-state index in [1.807, 2.05) is 35.2 Å². The van der Waals surface area contributed by atoms with Gasteiger partial charge in [-0.15, -0.1) is 0 Å². The largest absolute Gasteiger partial charge is 0.445 e. The number of hydrogen-bond donors (Lipinski definition) is 0. The highest BCUT2D eigenvalue weighted by Crippen LogP contribution is 2.36. The van der Waals surface area contributed by atoms with Crippen molar-refractivity contribution in [2.45, 2.75) is 45.6 Å². The van der Waals surface area contributed by atoms with Gasteiger partial charge in [0.15, 0.2) is 0 Å². The smallest absolute Gasteiger partial charge is 0.410 e. The topological polar surface area (TPSA) is 32.8 Å². The van der Waals surface area contributed by atoms with Crippen molar-refractivity contribution < 1.29 is 9.53 Å². The van der Waals surface area contributed by atoms with Crippen LogP contribution in [0.1, 0.15) is 44.6 Å². The van der Waals surface area contributed by atoms with Gasteiger partial charge in [0, 0.05) is 26.2 Å². The summed E-state index contributed by atoms with van der Waals surface area (Å²) in [7, 11) is 0. The lowest BCUT2D eigenvalue weighted by atomic mass is 9.73. The first-order valence-corrected chi connectivity index (χ1v) is 9.94. The summed E-state index contributed by atoms with van der Waals surface area (Å²) in [5.41, 5.74) is 1.04. The van der Waals surface area contributed by atoms with Crippen LogP contribution in [0.15, 0.2) is 30.3 Å². The summed E-state index contributed by atoms with van der Waals surface area (Å²) in [6, 6.07) is 9.87. The lowest BCUT2D eigenvalue weighted by molar-refractivity contribution is 0.0679. The Bertz CT molecular complexity index is 522. The number of benzene rings is 1. The number of nitrogens with zero attached hydrogens (tertiary/aromatic N) is 2. The predicted molar refractivity (Wildman–Crippen MR) is 100 cm³/mol. The third-order valence-electron chi connectivity index (χ3n) is 5.99. The summed E-state index contributed by atoms with van der Waals surface area (Å²) in [4.78, 5) is 16.6. The number of rotatable bonds is 7. The number of piperazine rings is 1. The summed E-state index contributed by atoms with van der Waals surface area (Å²) < 4.78 is 5.44. The normalized spacial score (nSPS) is 20.1. The molecule has 0 spiro atoms. The molecule has 3 rings (SSSR count). The van der Waals surface area contributed by atoms with Gasteiger partial charge in [-0.1, -0.05) is 62.9 Å². The molecule has 1 atom stereocenters. The standard InChI is InChI=1S/C21H32N2O2/c1-2-19(20-9-6-10-20)11-12-22-13-15-23(16-14-22)21(24)25-17-18-7-4-3-5-8-18/h3-5,7-8,19-20H,2,6,9-17H2,1H3. The van der Waals surface area contributed by atoms with Gasteiger partial charge in [0.05, 0.1) is 0 Å². The molecule has 1 aromatic carbocycles. The Hall–Kier alpha value is -1.55. The molecule has 4 heteroatoms. The van der Waals surface area contributed by atoms with Crippen LogP contribution in [0.3, 0.4) is 0 Å². The van der Waals surface area contributed by atoms with Gasteiger partial charge in [-0.3, -0.25) is 4.90 Å². The molecular weight excluding hydrogens is 312 g/mol. The minimum Gasteiger partial charge on any atom is -0.445 e. The Morgan fingerprint density at radius 2 is 1.88 bits per heavy atom. The van der Waals surface area contributed by atoms with Crippen LogP contribution in [0.4, 0.5) is 4.79 Å². The van der Waals surface area contributed by atoms with E-state index in [0.717, 1.165) is 43.6 Å². The van der Waals surface area contributed by atoms with Gasteiger partial charge in [0.1, 0.15) is 6.61 Å². The Kier molecular flexibility index (Phi) is 6.74. The fourth-order valence-electron chi connectivity index (χ4n) is 4.00. The van der Waals surface area contributed by atoms with Crippen molar-refractivity contribution >= 4 is 6.09 Å². The highest BCUT2D eigenvalue weighted by atomic mass is 16.6. The highest BCUT2D eigenvalue weighted by molar-refractivity contribution is 5.67. The Balaban J connectivity index is 1.34. The van der Waals surface area contributed by atoms with Gasteiger partial charge < -0.3 is 9.64 Å². The molecule has 1 unspecified atom stereocenters. The van der Waals surface area contributed by atoms with Gasteiger partial charge in [0.25, 0.3) is 0 Å². The molecule has 1 aromatic rings. The molecule has 25 heavy (non-hydrogen) atoms. The summed E-state index contributed by atoms with van der Waals surface area (Å²) >= 11 is 0. The third-order valence-corrected chi connectivity index (χ3v) is 5.99. The van der Waals surface area contributed by atoms with E-state index in [0.29, 0.717) is 6.61 Å². The fraction of sp³-hybridized carbons (Fsp3) is 0.667. The lowest BCUT2D eigenvalue weighted by Crippen LogP contribution is -2.49. The minimum atomic E-state index is -0.176. The van der Waals surface area contributed by atoms with Crippen LogP contribution in [0.2, 0.25) is 0 Å². The van der Waals surface area contributed by atoms with Crippen LogP contribution in [0, 0.1) is 11.8 Å². The molecule has 1 saturated carbocycles. The van der Waals surface area contributed by atoms with Crippen molar-refractivity contribution in [2.75, 3.05) is 32.7 Å². The number of carbonyl (C=O) groups is 1. The highest BCUT2D eigenvalue weighted by Gasteiger charge is 2.27. The molecule has 1 amide bonds. The molecule has 1 saturated heterocycles. The zero-order chi connectivity index (χ0) is 17.5. The van der Waals surface area contributed by atoms with Gasteiger partial charge in [0.2, 0.25) is 0 Å². The molecule has 0 N–H and O–H groups in total. The predicted octanol–water partition coefficient (Wildman–Crippen LogP) is 4.16. The molecular formula is C21H32N2O2. The first kappa shape index (κ1) is 18.2. The van der Waals surface area contributed by atoms with Crippen LogP contribution in [-0.2, 0) is 11.3 Å². The lowest BCUT2D eigenvalue weighted by Gasteiger charge is -2.37. The zero-order valence-electron chi connectivity index (χ0n) is 15.5. The minimum absolute atomic E-state index is 0.176. The third kappa shape index (κ3) is 5.21. The number of hydrogen-bond acceptors (Lipinski definition) is 3. The average molecular weight is 344 g/mol. The molecule has 1 aliphatic carbocycles. The van der Waals surface area contributed by atoms with E-state index in [1.54, 1.807) is 0 Å².